The van der Waals surface area contributed by atoms with Crippen molar-refractivity contribution < 1.29 is 22.7 Å². The minimum atomic E-state index is -4.11. The average Bonchev–Trinajstić information content (AvgIpc) is 2.39. The lowest BCUT2D eigenvalue weighted by molar-refractivity contribution is -0.304. The van der Waals surface area contributed by atoms with Crippen molar-refractivity contribution in [2.24, 2.45) is 0 Å². The Morgan fingerprint density at radius 1 is 1.18 bits per heavy atom. The van der Waals surface area contributed by atoms with Gasteiger partial charge in [0.15, 0.2) is 0 Å². The smallest absolute Gasteiger partial charge is 0.264 e. The number of hydrogen-bond donors (Lipinski definition) is 1. The van der Waals surface area contributed by atoms with E-state index in [9.17, 15) is 22.7 Å². The van der Waals surface area contributed by atoms with Gasteiger partial charge in [0.05, 0.1) is 0 Å². The maximum atomic E-state index is 13.7. The number of carbonyl (C=O) groups is 1. The first-order valence-corrected chi connectivity index (χ1v) is 7.91. The molecule has 0 bridgehead atoms. The normalized spacial score (nSPS) is 11.2. The predicted molar refractivity (Wildman–Crippen MR) is 77.4 cm³/mol. The van der Waals surface area contributed by atoms with Gasteiger partial charge in [-0.25, -0.2) is 12.8 Å². The standard InChI is InChI=1S/C14H11ClFNO4S/c15-10-3-6-13(12(16)8-10)22(20,21)17-11-4-1-9(2-5-11)7-14(18)19/h1-6,8,17H,7H2,(H,18,19)/p-1. The van der Waals surface area contributed by atoms with Crippen molar-refractivity contribution in [3.05, 3.63) is 58.9 Å². The topological polar surface area (TPSA) is 86.3 Å². The van der Waals surface area contributed by atoms with Crippen molar-refractivity contribution in [2.75, 3.05) is 4.72 Å². The summed E-state index contributed by atoms with van der Waals surface area (Å²) in [7, 11) is -4.11. The summed E-state index contributed by atoms with van der Waals surface area (Å²) >= 11 is 5.58. The van der Waals surface area contributed by atoms with Crippen molar-refractivity contribution in [3.63, 3.8) is 0 Å². The quantitative estimate of drug-likeness (QED) is 0.893. The lowest BCUT2D eigenvalue weighted by atomic mass is 10.1. The fourth-order valence-corrected chi connectivity index (χ4v) is 3.04. The third kappa shape index (κ3) is 3.96. The van der Waals surface area contributed by atoms with Crippen LogP contribution in [-0.2, 0) is 21.2 Å². The van der Waals surface area contributed by atoms with E-state index in [1.54, 1.807) is 0 Å². The summed E-state index contributed by atoms with van der Waals surface area (Å²) in [6.07, 6.45) is -0.279. The lowest BCUT2D eigenvalue weighted by Gasteiger charge is -2.10. The Balaban J connectivity index is 2.23. The molecule has 116 valence electrons. The number of carboxylic acids is 1. The number of benzene rings is 2. The summed E-state index contributed by atoms with van der Waals surface area (Å²) in [4.78, 5) is 9.93. The van der Waals surface area contributed by atoms with Crippen LogP contribution in [0.5, 0.6) is 0 Å². The summed E-state index contributed by atoms with van der Waals surface area (Å²) in [5.74, 6) is -2.20. The molecule has 22 heavy (non-hydrogen) atoms. The molecule has 0 aliphatic carbocycles. The predicted octanol–water partition coefficient (Wildman–Crippen LogP) is 1.57. The van der Waals surface area contributed by atoms with Crippen LogP contribution in [0.1, 0.15) is 5.56 Å². The molecule has 0 aromatic heterocycles. The summed E-state index contributed by atoms with van der Waals surface area (Å²) in [6.45, 7) is 0. The maximum absolute atomic E-state index is 13.7. The van der Waals surface area contributed by atoms with Gasteiger partial charge in [0.2, 0.25) is 0 Å². The number of carbonyl (C=O) groups excluding carboxylic acids is 1. The van der Waals surface area contributed by atoms with E-state index >= 15 is 0 Å². The number of halogens is 2. The van der Waals surface area contributed by atoms with Gasteiger partial charge in [0.1, 0.15) is 10.7 Å². The van der Waals surface area contributed by atoms with Gasteiger partial charge in [-0.05, 0) is 35.9 Å². The molecule has 0 spiro atoms. The molecule has 1 N–H and O–H groups in total. The van der Waals surface area contributed by atoms with Crippen LogP contribution in [-0.4, -0.2) is 14.4 Å². The SMILES string of the molecule is O=C([O-])Cc1ccc(NS(=O)(=O)c2ccc(Cl)cc2F)cc1. The van der Waals surface area contributed by atoms with Crippen molar-refractivity contribution in [1.82, 2.24) is 0 Å². The second-order valence-electron chi connectivity index (χ2n) is 4.43. The van der Waals surface area contributed by atoms with Crippen LogP contribution in [0.3, 0.4) is 0 Å². The van der Waals surface area contributed by atoms with E-state index in [1.807, 2.05) is 0 Å². The maximum Gasteiger partial charge on any atom is 0.264 e. The minimum Gasteiger partial charge on any atom is -0.550 e. The number of aliphatic carboxylic acids is 1. The highest BCUT2D eigenvalue weighted by atomic mass is 35.5. The fraction of sp³-hybridized carbons (Fsp3) is 0.0714. The van der Waals surface area contributed by atoms with E-state index < -0.39 is 26.7 Å². The fourth-order valence-electron chi connectivity index (χ4n) is 1.76. The summed E-state index contributed by atoms with van der Waals surface area (Å²) in [5.41, 5.74) is 0.636. The average molecular weight is 343 g/mol. The number of nitrogens with one attached hydrogen (secondary N) is 1. The van der Waals surface area contributed by atoms with E-state index in [0.717, 1.165) is 12.1 Å². The minimum absolute atomic E-state index is 0.0862. The Hall–Kier alpha value is -2.12. The van der Waals surface area contributed by atoms with Crippen LogP contribution < -0.4 is 9.83 Å². The van der Waals surface area contributed by atoms with Crippen LogP contribution in [0.4, 0.5) is 10.1 Å². The summed E-state index contributed by atoms with van der Waals surface area (Å²) in [6, 6.07) is 8.86. The highest BCUT2D eigenvalue weighted by Crippen LogP contribution is 2.22. The molecule has 2 rings (SSSR count). The number of sulfonamides is 1. The molecule has 0 heterocycles. The first-order valence-electron chi connectivity index (χ1n) is 6.04. The first kappa shape index (κ1) is 16.3. The highest BCUT2D eigenvalue weighted by molar-refractivity contribution is 7.92. The Bertz CT molecular complexity index is 806. The van der Waals surface area contributed by atoms with E-state index in [4.69, 9.17) is 11.6 Å². The molecule has 5 nitrogen and oxygen atoms in total. The van der Waals surface area contributed by atoms with Crippen LogP contribution in [0.2, 0.25) is 5.02 Å². The van der Waals surface area contributed by atoms with Crippen molar-refractivity contribution in [3.8, 4) is 0 Å². The van der Waals surface area contributed by atoms with Crippen LogP contribution in [0.25, 0.3) is 0 Å². The molecule has 8 heteroatoms. The molecule has 0 aliphatic heterocycles. The second-order valence-corrected chi connectivity index (χ2v) is 6.51. The highest BCUT2D eigenvalue weighted by Gasteiger charge is 2.19. The zero-order chi connectivity index (χ0) is 16.3. The van der Waals surface area contributed by atoms with Gasteiger partial charge in [-0.15, -0.1) is 0 Å². The Morgan fingerprint density at radius 3 is 2.36 bits per heavy atom. The number of carboxylic acid groups (broad SMARTS) is 1. The Morgan fingerprint density at radius 2 is 1.82 bits per heavy atom. The van der Waals surface area contributed by atoms with Crippen molar-refractivity contribution >= 4 is 33.3 Å². The molecule has 2 aromatic carbocycles. The summed E-state index contributed by atoms with van der Waals surface area (Å²) < 4.78 is 40.1. The molecule has 0 saturated heterocycles. The van der Waals surface area contributed by atoms with Crippen molar-refractivity contribution in [2.45, 2.75) is 11.3 Å². The van der Waals surface area contributed by atoms with Crippen LogP contribution >= 0.6 is 11.6 Å². The zero-order valence-corrected chi connectivity index (χ0v) is 12.6. The molecular formula is C14H10ClFNO4S-. The molecule has 0 unspecified atom stereocenters. The van der Waals surface area contributed by atoms with Gasteiger partial charge in [0.25, 0.3) is 10.0 Å². The van der Waals surface area contributed by atoms with Gasteiger partial charge < -0.3 is 9.90 Å². The molecule has 2 aromatic rings. The van der Waals surface area contributed by atoms with E-state index in [2.05, 4.69) is 4.72 Å². The summed E-state index contributed by atoms with van der Waals surface area (Å²) in [5, 5.41) is 10.5. The van der Waals surface area contributed by atoms with E-state index in [-0.39, 0.29) is 17.1 Å². The van der Waals surface area contributed by atoms with Crippen LogP contribution in [0.15, 0.2) is 47.4 Å². The molecule has 0 amide bonds. The van der Waals surface area contributed by atoms with Gasteiger partial charge in [-0.2, -0.15) is 0 Å². The van der Waals surface area contributed by atoms with Gasteiger partial charge in [-0.3, -0.25) is 4.72 Å². The number of hydrogen-bond acceptors (Lipinski definition) is 4. The zero-order valence-electron chi connectivity index (χ0n) is 11.0. The van der Waals surface area contributed by atoms with Gasteiger partial charge >= 0.3 is 0 Å². The van der Waals surface area contributed by atoms with E-state index in [1.165, 1.54) is 30.3 Å². The van der Waals surface area contributed by atoms with E-state index in [0.29, 0.717) is 5.56 Å². The third-order valence-electron chi connectivity index (χ3n) is 2.74. The first-order chi connectivity index (χ1) is 10.3. The third-order valence-corrected chi connectivity index (χ3v) is 4.39. The Kier molecular flexibility index (Phi) is 4.68. The number of rotatable bonds is 5. The van der Waals surface area contributed by atoms with Crippen molar-refractivity contribution in [1.29, 1.82) is 0 Å². The lowest BCUT2D eigenvalue weighted by Crippen LogP contribution is -2.24. The van der Waals surface area contributed by atoms with Gasteiger partial charge in [-0.1, -0.05) is 23.7 Å². The molecule has 0 fully saturated rings. The molecular weight excluding hydrogens is 333 g/mol. The molecule has 0 aliphatic rings. The largest absolute Gasteiger partial charge is 0.550 e. The monoisotopic (exact) mass is 342 g/mol. The van der Waals surface area contributed by atoms with Gasteiger partial charge in [0, 0.05) is 23.1 Å². The number of anilines is 1. The molecule has 0 radical (unpaired) electrons. The molecule has 0 atom stereocenters. The van der Waals surface area contributed by atoms with Crippen LogP contribution in [0, 0.1) is 5.82 Å². The molecule has 0 saturated carbocycles. The second kappa shape index (κ2) is 6.33. The Labute approximate surface area is 131 Å².